The molecule has 0 unspecified atom stereocenters. The fourth-order valence-electron chi connectivity index (χ4n) is 11.4. The lowest BCUT2D eigenvalue weighted by Gasteiger charge is -2.33. The van der Waals surface area contributed by atoms with Crippen LogP contribution in [-0.2, 0) is 83.5 Å². The Morgan fingerprint density at radius 1 is 0.683 bits per heavy atom. The summed E-state index contributed by atoms with van der Waals surface area (Å²) in [6.07, 6.45) is 3.31. The number of guanidine groups is 1. The number of hydrogen-bond donors (Lipinski definition) is 15. The summed E-state index contributed by atoms with van der Waals surface area (Å²) in [5.74, 6) is -13.2. The highest BCUT2D eigenvalue weighted by molar-refractivity contribution is 7.98. The van der Waals surface area contributed by atoms with Gasteiger partial charge in [-0.3, -0.25) is 72.5 Å². The van der Waals surface area contributed by atoms with Gasteiger partial charge in [-0.1, -0.05) is 45.8 Å². The fourth-order valence-corrected chi connectivity index (χ4v) is 12.9. The van der Waals surface area contributed by atoms with Gasteiger partial charge in [0.05, 0.1) is 13.0 Å². The molecule has 2 fully saturated rings. The number of carboxylic acids is 2. The number of nitrogens with one attached hydrogen (secondary N) is 10. The Balaban J connectivity index is 1.68. The quantitative estimate of drug-likeness (QED) is 0.0509. The second kappa shape index (κ2) is 42.3. The Morgan fingerprint density at radius 2 is 1.24 bits per heavy atom. The molecule has 1 aromatic rings. The van der Waals surface area contributed by atoms with E-state index in [1.807, 2.05) is 24.5 Å². The van der Waals surface area contributed by atoms with Crippen LogP contribution in [0.3, 0.4) is 0 Å². The second-order valence-corrected chi connectivity index (χ2v) is 28.6. The van der Waals surface area contributed by atoms with Crippen LogP contribution in [0.5, 0.6) is 5.75 Å². The number of benzene rings is 1. The second-order valence-electron chi connectivity index (χ2n) is 26.7. The van der Waals surface area contributed by atoms with Crippen molar-refractivity contribution in [3.8, 4) is 5.75 Å². The van der Waals surface area contributed by atoms with Crippen LogP contribution in [0.15, 0.2) is 23.4 Å². The summed E-state index contributed by atoms with van der Waals surface area (Å²) in [6.45, 7) is 10.5. The predicted molar refractivity (Wildman–Crippen MR) is 374 cm³/mol. The molecule has 2 bridgehead atoms. The van der Waals surface area contributed by atoms with Crippen LogP contribution in [0.2, 0.25) is 0 Å². The average Bonchev–Trinajstić information content (AvgIpc) is 1.75. The van der Waals surface area contributed by atoms with Gasteiger partial charge in [-0.25, -0.2) is 0 Å². The van der Waals surface area contributed by atoms with Crippen LogP contribution < -0.4 is 69.8 Å². The number of oxime groups is 1. The number of hydrogen-bond acceptors (Lipinski definition) is 20. The zero-order valence-corrected chi connectivity index (χ0v) is 60.1. The highest BCUT2D eigenvalue weighted by Crippen LogP contribution is 2.27. The number of nitrogens with zero attached hydrogens (tertiary/aromatic N) is 3. The van der Waals surface area contributed by atoms with E-state index in [9.17, 15) is 77.3 Å². The first kappa shape index (κ1) is 84.5. The van der Waals surface area contributed by atoms with Gasteiger partial charge < -0.3 is 94.6 Å². The van der Waals surface area contributed by atoms with E-state index in [1.54, 1.807) is 46.4 Å². The fraction of sp³-hybridized carbons (Fsp3) is 0.662. The zero-order chi connectivity index (χ0) is 75.1. The number of primary amides is 2. The standard InChI is InChI=1S/C65H102N16O18S2/c1-36(2)53-63(97)81-24-14-17-48(81)60(94)75-42(18-20-49(66)82)56(90)74-43(19-21-51(84)85)57(91)78-46(54(67)88)35-101-34-39-27-38(33-100-7)28-40(29-39)98-25-10-8-9-11-26-99-71-32-50(83)73-41(15-12-22-70-64(68)69)55(89)72-37(3)62(96)80-23-13-16-47(80)61(95)77-45(31-65(4,5)6)59(93)76-44(30-52(86)87)58(92)79-53/h27-29,32,36-37,41-48,53H,8-26,30-31,33-35H2,1-7H3,(H2,66,82)(H2,67,88)(H,72,89)(H,73,83)(H,74,90)(H,75,94)(H,76,93)(H,77,95)(H,78,91)(H,79,92)(H,84,85)(H,86,87)(H4,68,69,70)/b71-32+/t37-,41-,42-,43-,44-,45-,46-,47-,48-,53-/m0/s1. The maximum absolute atomic E-state index is 14.6. The Kier molecular flexibility index (Phi) is 35.4. The lowest BCUT2D eigenvalue weighted by atomic mass is 9.87. The van der Waals surface area contributed by atoms with Crippen molar-refractivity contribution in [1.29, 1.82) is 5.41 Å². The molecule has 101 heavy (non-hydrogen) atoms. The summed E-state index contributed by atoms with van der Waals surface area (Å²) in [6, 6.07) is -8.64. The van der Waals surface area contributed by atoms with E-state index in [0.29, 0.717) is 49.5 Å². The zero-order valence-electron chi connectivity index (χ0n) is 58.4. The van der Waals surface area contributed by atoms with E-state index >= 15 is 0 Å². The maximum atomic E-state index is 14.6. The lowest BCUT2D eigenvalue weighted by molar-refractivity contribution is -0.145. The third kappa shape index (κ3) is 30.0. The van der Waals surface area contributed by atoms with Crippen molar-refractivity contribution in [2.24, 2.45) is 33.7 Å². The molecule has 1 aromatic carbocycles. The molecule has 0 spiro atoms. The van der Waals surface area contributed by atoms with E-state index in [-0.39, 0.29) is 76.5 Å². The van der Waals surface area contributed by atoms with Gasteiger partial charge in [-0.15, -0.1) is 0 Å². The maximum Gasteiger partial charge on any atom is 0.305 e. The van der Waals surface area contributed by atoms with Gasteiger partial charge in [-0.05, 0) is 131 Å². The summed E-state index contributed by atoms with van der Waals surface area (Å²) >= 11 is 2.83. The van der Waals surface area contributed by atoms with Crippen molar-refractivity contribution in [2.75, 3.05) is 44.9 Å². The number of thioether (sulfide) groups is 2. The minimum absolute atomic E-state index is 0.0192. The van der Waals surface area contributed by atoms with Crippen LogP contribution in [0.1, 0.15) is 155 Å². The molecule has 0 aromatic heterocycles. The number of carbonyl (C=O) groups excluding carboxylic acids is 12. The number of carbonyl (C=O) groups is 14. The van der Waals surface area contributed by atoms with Crippen molar-refractivity contribution < 1.29 is 86.9 Å². The molecule has 0 radical (unpaired) electrons. The van der Waals surface area contributed by atoms with Crippen molar-refractivity contribution in [2.45, 2.75) is 216 Å². The Hall–Kier alpha value is -8.96. The molecule has 4 rings (SSSR count). The molecule has 562 valence electrons. The molecule has 36 heteroatoms. The van der Waals surface area contributed by atoms with Gasteiger partial charge in [0.2, 0.25) is 65.0 Å². The number of fused-ring (bicyclic) bond motifs is 4. The summed E-state index contributed by atoms with van der Waals surface area (Å²) in [5, 5.41) is 54.0. The molecule has 10 atom stereocenters. The molecule has 12 amide bonds. The SMILES string of the molecule is CSCc1cc2cc(c1)OCCCCCCO/N=C/C(=O)N[C@@H](CCCNC(=N)N)C(=O)N[C@@H](C)C(=O)N1CCC[C@H]1C(=O)N[C@@H](CC(C)(C)C)C(=O)N[C@@H](CC(=O)O)C(=O)N[C@@H](C(C)C)C(=O)N1CCC[C@H]1C(=O)N[C@@H](CCC(N)=O)C(=O)N[C@@H](CCC(=O)O)C(=O)N[C@H](C(N)=O)CSC2. The molecule has 0 saturated carbocycles. The number of nitrogens with two attached hydrogens (primary N) is 3. The molecular formula is C65H102N16O18S2. The third-order valence-electron chi connectivity index (χ3n) is 16.5. The molecule has 0 aliphatic carbocycles. The molecule has 3 heterocycles. The van der Waals surface area contributed by atoms with E-state index in [0.717, 1.165) is 28.7 Å². The van der Waals surface area contributed by atoms with Crippen molar-refractivity contribution in [3.05, 3.63) is 29.3 Å². The first-order valence-electron chi connectivity index (χ1n) is 33.8. The summed E-state index contributed by atoms with van der Waals surface area (Å²) in [4.78, 5) is 198. The average molecular weight is 1460 g/mol. The van der Waals surface area contributed by atoms with Gasteiger partial charge in [0, 0.05) is 49.7 Å². The largest absolute Gasteiger partial charge is 0.494 e. The van der Waals surface area contributed by atoms with Crippen molar-refractivity contribution in [3.63, 3.8) is 0 Å². The number of ether oxygens (including phenoxy) is 1. The highest BCUT2D eigenvalue weighted by Gasteiger charge is 2.43. The van der Waals surface area contributed by atoms with Gasteiger partial charge in [0.15, 0.2) is 5.96 Å². The van der Waals surface area contributed by atoms with E-state index in [2.05, 4.69) is 53.0 Å². The van der Waals surface area contributed by atoms with E-state index in [4.69, 9.17) is 32.2 Å². The lowest BCUT2D eigenvalue weighted by Crippen LogP contribution is -2.61. The minimum atomic E-state index is -1.87. The third-order valence-corrected chi connectivity index (χ3v) is 18.2. The van der Waals surface area contributed by atoms with Crippen LogP contribution >= 0.6 is 23.5 Å². The number of rotatable bonds is 17. The summed E-state index contributed by atoms with van der Waals surface area (Å²) in [5.41, 5.74) is 17.8. The number of aliphatic carboxylic acids is 2. The van der Waals surface area contributed by atoms with Crippen LogP contribution in [0.4, 0.5) is 0 Å². The summed E-state index contributed by atoms with van der Waals surface area (Å²) in [7, 11) is 0. The van der Waals surface area contributed by atoms with E-state index < -0.39 is 187 Å². The van der Waals surface area contributed by atoms with Gasteiger partial charge in [-0.2, -0.15) is 23.5 Å². The van der Waals surface area contributed by atoms with E-state index in [1.165, 1.54) is 23.6 Å². The first-order chi connectivity index (χ1) is 47.7. The van der Waals surface area contributed by atoms with Gasteiger partial charge in [0.25, 0.3) is 5.91 Å². The molecule has 3 aliphatic heterocycles. The van der Waals surface area contributed by atoms with Crippen LogP contribution in [-0.4, -0.2) is 220 Å². The van der Waals surface area contributed by atoms with Crippen molar-refractivity contribution >= 4 is 119 Å². The first-order valence-corrected chi connectivity index (χ1v) is 36.3. The Morgan fingerprint density at radius 3 is 1.82 bits per heavy atom. The Labute approximate surface area is 595 Å². The smallest absolute Gasteiger partial charge is 0.305 e. The topological polar surface area (TPSA) is 527 Å². The van der Waals surface area contributed by atoms with Crippen LogP contribution in [0, 0.1) is 16.7 Å². The molecule has 2 saturated heterocycles. The number of carboxylic acid groups (broad SMARTS) is 2. The number of amides is 12. The highest BCUT2D eigenvalue weighted by atomic mass is 32.2. The predicted octanol–water partition coefficient (Wildman–Crippen LogP) is -0.936. The molecular weight excluding hydrogens is 1360 g/mol. The normalized spacial score (nSPS) is 25.1. The Bertz CT molecular complexity index is 3140. The summed E-state index contributed by atoms with van der Waals surface area (Å²) < 4.78 is 6.15. The molecule has 34 nitrogen and oxygen atoms in total. The van der Waals surface area contributed by atoms with Crippen molar-refractivity contribution in [1.82, 2.24) is 57.7 Å². The van der Waals surface area contributed by atoms with Gasteiger partial charge >= 0.3 is 11.9 Å². The molecule has 18 N–H and O–H groups in total. The van der Waals surface area contributed by atoms with Crippen LogP contribution in [0.25, 0.3) is 0 Å². The monoisotopic (exact) mass is 1460 g/mol. The molecule has 3 aliphatic rings. The minimum Gasteiger partial charge on any atom is -0.494 e. The van der Waals surface area contributed by atoms with Gasteiger partial charge in [0.1, 0.15) is 79.0 Å².